The first-order valence-corrected chi connectivity index (χ1v) is 8.05. The molecule has 2 N–H and O–H groups in total. The summed E-state index contributed by atoms with van der Waals surface area (Å²) in [6, 6.07) is 9.58. The molecule has 7 heteroatoms. The van der Waals surface area contributed by atoms with E-state index in [0.717, 1.165) is 16.8 Å². The Labute approximate surface area is 137 Å². The van der Waals surface area contributed by atoms with Crippen LogP contribution in [-0.4, -0.2) is 32.6 Å². The fourth-order valence-electron chi connectivity index (χ4n) is 2.05. The molecule has 6 nitrogen and oxygen atoms in total. The molecule has 0 fully saturated rings. The molecule has 0 saturated carbocycles. The number of nitrogens with one attached hydrogen (secondary N) is 1. The lowest BCUT2D eigenvalue weighted by molar-refractivity contribution is 0.0911. The number of hydrogen-bond donors (Lipinski definition) is 2. The van der Waals surface area contributed by atoms with Crippen molar-refractivity contribution in [1.82, 2.24) is 20.3 Å². The molecule has 23 heavy (non-hydrogen) atoms. The van der Waals surface area contributed by atoms with Crippen molar-refractivity contribution in [2.45, 2.75) is 13.0 Å². The van der Waals surface area contributed by atoms with Crippen molar-refractivity contribution in [2.24, 2.45) is 0 Å². The first-order valence-electron chi connectivity index (χ1n) is 7.11. The summed E-state index contributed by atoms with van der Waals surface area (Å²) in [7, 11) is 0. The van der Waals surface area contributed by atoms with Crippen molar-refractivity contribution < 1.29 is 9.90 Å². The van der Waals surface area contributed by atoms with Gasteiger partial charge in [-0.25, -0.2) is 4.68 Å². The molecule has 0 saturated heterocycles. The van der Waals surface area contributed by atoms with Gasteiger partial charge in [0.15, 0.2) is 5.69 Å². The second-order valence-corrected chi connectivity index (χ2v) is 5.95. The summed E-state index contributed by atoms with van der Waals surface area (Å²) in [5, 5.41) is 24.2. The van der Waals surface area contributed by atoms with E-state index in [0.29, 0.717) is 0 Å². The van der Waals surface area contributed by atoms with E-state index in [9.17, 15) is 9.90 Å². The molecule has 2 aromatic heterocycles. The topological polar surface area (TPSA) is 80.0 Å². The van der Waals surface area contributed by atoms with Gasteiger partial charge in [0, 0.05) is 6.54 Å². The van der Waals surface area contributed by atoms with Crippen LogP contribution in [0.1, 0.15) is 27.7 Å². The highest BCUT2D eigenvalue weighted by Gasteiger charge is 2.14. The van der Waals surface area contributed by atoms with E-state index >= 15 is 0 Å². The maximum absolute atomic E-state index is 12.1. The Balaban J connectivity index is 1.63. The zero-order valence-electron chi connectivity index (χ0n) is 12.5. The number of carbonyl (C=O) groups excluding carboxylic acids is 1. The molecule has 0 aliphatic rings. The molecule has 0 aliphatic carbocycles. The summed E-state index contributed by atoms with van der Waals surface area (Å²) in [5.41, 5.74) is 2.98. The summed E-state index contributed by atoms with van der Waals surface area (Å²) in [4.78, 5) is 12.1. The number of benzene rings is 1. The molecule has 2 heterocycles. The van der Waals surface area contributed by atoms with Gasteiger partial charge in [-0.05, 0) is 41.4 Å². The van der Waals surface area contributed by atoms with E-state index in [4.69, 9.17) is 0 Å². The number of thiophene rings is 1. The Morgan fingerprint density at radius 3 is 2.83 bits per heavy atom. The molecule has 0 radical (unpaired) electrons. The van der Waals surface area contributed by atoms with E-state index in [1.54, 1.807) is 10.9 Å². The van der Waals surface area contributed by atoms with Crippen molar-refractivity contribution >= 4 is 17.2 Å². The number of aliphatic hydroxyl groups excluding tert-OH is 1. The first kappa shape index (κ1) is 15.4. The summed E-state index contributed by atoms with van der Waals surface area (Å²) in [5.74, 6) is -0.363. The predicted molar refractivity (Wildman–Crippen MR) is 87.7 cm³/mol. The fourth-order valence-corrected chi connectivity index (χ4v) is 2.76. The molecule has 0 bridgehead atoms. The summed E-state index contributed by atoms with van der Waals surface area (Å²) in [6.45, 7) is 2.13. The SMILES string of the molecule is Cc1ccc(-n2cc(C(=O)NCC(O)c3ccsc3)nn2)cc1. The van der Waals surface area contributed by atoms with Crippen LogP contribution >= 0.6 is 11.3 Å². The molecule has 1 aromatic carbocycles. The number of aromatic nitrogens is 3. The van der Waals surface area contributed by atoms with E-state index < -0.39 is 6.10 Å². The highest BCUT2D eigenvalue weighted by molar-refractivity contribution is 7.07. The highest BCUT2D eigenvalue weighted by Crippen LogP contribution is 2.15. The van der Waals surface area contributed by atoms with Crippen LogP contribution in [0.2, 0.25) is 0 Å². The smallest absolute Gasteiger partial charge is 0.273 e. The van der Waals surface area contributed by atoms with Gasteiger partial charge >= 0.3 is 0 Å². The van der Waals surface area contributed by atoms with Crippen molar-refractivity contribution in [3.8, 4) is 5.69 Å². The van der Waals surface area contributed by atoms with Crippen molar-refractivity contribution in [3.63, 3.8) is 0 Å². The van der Waals surface area contributed by atoms with Gasteiger partial charge in [0.2, 0.25) is 0 Å². The van der Waals surface area contributed by atoms with Gasteiger partial charge in [-0.15, -0.1) is 5.10 Å². The van der Waals surface area contributed by atoms with Gasteiger partial charge in [0.1, 0.15) is 0 Å². The third-order valence-electron chi connectivity index (χ3n) is 3.41. The predicted octanol–water partition coefficient (Wildman–Crippen LogP) is 2.10. The quantitative estimate of drug-likeness (QED) is 0.752. The maximum Gasteiger partial charge on any atom is 0.273 e. The van der Waals surface area contributed by atoms with Crippen LogP contribution in [0.15, 0.2) is 47.3 Å². The Hall–Kier alpha value is -2.51. The lowest BCUT2D eigenvalue weighted by Gasteiger charge is -2.09. The second-order valence-electron chi connectivity index (χ2n) is 5.17. The minimum Gasteiger partial charge on any atom is -0.387 e. The monoisotopic (exact) mass is 328 g/mol. The molecule has 3 aromatic rings. The third-order valence-corrected chi connectivity index (χ3v) is 4.11. The number of rotatable bonds is 5. The minimum absolute atomic E-state index is 0.132. The maximum atomic E-state index is 12.1. The zero-order chi connectivity index (χ0) is 16.2. The molecular weight excluding hydrogens is 312 g/mol. The Morgan fingerprint density at radius 2 is 2.13 bits per heavy atom. The number of nitrogens with zero attached hydrogens (tertiary/aromatic N) is 3. The van der Waals surface area contributed by atoms with Crippen LogP contribution in [0.3, 0.4) is 0 Å². The largest absolute Gasteiger partial charge is 0.387 e. The van der Waals surface area contributed by atoms with Gasteiger partial charge in [-0.3, -0.25) is 4.79 Å². The normalized spacial score (nSPS) is 12.1. The van der Waals surface area contributed by atoms with Crippen molar-refractivity contribution in [2.75, 3.05) is 6.54 Å². The molecule has 1 amide bonds. The fraction of sp³-hybridized carbons (Fsp3) is 0.188. The van der Waals surface area contributed by atoms with E-state index in [1.807, 2.05) is 48.0 Å². The molecule has 0 spiro atoms. The number of aliphatic hydroxyl groups is 1. The van der Waals surface area contributed by atoms with Gasteiger partial charge in [-0.2, -0.15) is 11.3 Å². The first-order chi connectivity index (χ1) is 11.1. The average molecular weight is 328 g/mol. The summed E-state index contributed by atoms with van der Waals surface area (Å²) in [6.07, 6.45) is 0.842. The van der Waals surface area contributed by atoms with Gasteiger partial charge in [-0.1, -0.05) is 22.9 Å². The van der Waals surface area contributed by atoms with Gasteiger partial charge < -0.3 is 10.4 Å². The lowest BCUT2D eigenvalue weighted by atomic mass is 10.2. The van der Waals surface area contributed by atoms with Crippen molar-refractivity contribution in [1.29, 1.82) is 0 Å². The zero-order valence-corrected chi connectivity index (χ0v) is 13.3. The Morgan fingerprint density at radius 1 is 1.35 bits per heavy atom. The number of amides is 1. The van der Waals surface area contributed by atoms with Crippen LogP contribution in [0, 0.1) is 6.92 Å². The van der Waals surface area contributed by atoms with Crippen LogP contribution in [-0.2, 0) is 0 Å². The van der Waals surface area contributed by atoms with E-state index in [1.165, 1.54) is 11.3 Å². The van der Waals surface area contributed by atoms with Gasteiger partial charge in [0.25, 0.3) is 5.91 Å². The number of hydrogen-bond acceptors (Lipinski definition) is 5. The minimum atomic E-state index is -0.725. The standard InChI is InChI=1S/C16H16N4O2S/c1-11-2-4-13(5-3-11)20-9-14(18-19-20)16(22)17-8-15(21)12-6-7-23-10-12/h2-7,9-10,15,21H,8H2,1H3,(H,17,22). The van der Waals surface area contributed by atoms with Crippen molar-refractivity contribution in [3.05, 3.63) is 64.1 Å². The Kier molecular flexibility index (Phi) is 4.50. The third kappa shape index (κ3) is 3.64. The Bertz CT molecular complexity index is 781. The summed E-state index contributed by atoms with van der Waals surface area (Å²) >= 11 is 1.50. The molecule has 118 valence electrons. The molecule has 1 unspecified atom stereocenters. The van der Waals surface area contributed by atoms with Gasteiger partial charge in [0.05, 0.1) is 18.0 Å². The number of carbonyl (C=O) groups is 1. The molecule has 3 rings (SSSR count). The van der Waals surface area contributed by atoms with E-state index in [2.05, 4.69) is 15.6 Å². The highest BCUT2D eigenvalue weighted by atomic mass is 32.1. The van der Waals surface area contributed by atoms with Crippen LogP contribution < -0.4 is 5.32 Å². The molecule has 1 atom stereocenters. The molecule has 0 aliphatic heterocycles. The van der Waals surface area contributed by atoms with Crippen LogP contribution in [0.25, 0.3) is 5.69 Å². The van der Waals surface area contributed by atoms with Crippen LogP contribution in [0.5, 0.6) is 0 Å². The number of aryl methyl sites for hydroxylation is 1. The summed E-state index contributed by atoms with van der Waals surface area (Å²) < 4.78 is 1.55. The second kappa shape index (κ2) is 6.72. The molecular formula is C16H16N4O2S. The van der Waals surface area contributed by atoms with E-state index in [-0.39, 0.29) is 18.1 Å². The average Bonchev–Trinajstić information content (AvgIpc) is 3.24. The van der Waals surface area contributed by atoms with Crippen LogP contribution in [0.4, 0.5) is 0 Å². The lowest BCUT2D eigenvalue weighted by Crippen LogP contribution is -2.28.